The van der Waals surface area contributed by atoms with Crippen LogP contribution in [0.2, 0.25) is 0 Å². The Kier molecular flexibility index (Phi) is 4.33. The van der Waals surface area contributed by atoms with Crippen molar-refractivity contribution in [1.82, 2.24) is 4.98 Å². The molecule has 1 aromatic heterocycles. The van der Waals surface area contributed by atoms with E-state index in [1.54, 1.807) is 55.8 Å². The Morgan fingerprint density at radius 1 is 1.17 bits per heavy atom. The van der Waals surface area contributed by atoms with Gasteiger partial charge in [-0.1, -0.05) is 6.07 Å². The number of benzene rings is 2. The first-order chi connectivity index (χ1) is 11.7. The van der Waals surface area contributed by atoms with E-state index in [-0.39, 0.29) is 6.03 Å². The molecule has 1 heterocycles. The highest BCUT2D eigenvalue weighted by atomic mass is 16.5. The number of nitrogens with one attached hydrogen (secondary N) is 2. The molecule has 2 amide bonds. The van der Waals surface area contributed by atoms with Crippen LogP contribution in [0.3, 0.4) is 0 Å². The van der Waals surface area contributed by atoms with Crippen LogP contribution in [0.4, 0.5) is 21.9 Å². The molecule has 0 aliphatic heterocycles. The van der Waals surface area contributed by atoms with Crippen molar-refractivity contribution in [3.05, 3.63) is 55.1 Å². The molecule has 0 unspecified atom stereocenters. The van der Waals surface area contributed by atoms with Crippen LogP contribution >= 0.6 is 0 Å². The number of methoxy groups -OCH3 is 1. The largest absolute Gasteiger partial charge is 0.496 e. The fourth-order valence-electron chi connectivity index (χ4n) is 2.23. The van der Waals surface area contributed by atoms with Crippen molar-refractivity contribution in [2.75, 3.05) is 23.5 Å². The lowest BCUT2D eigenvalue weighted by molar-refractivity contribution is 0.262. The minimum Gasteiger partial charge on any atom is -0.496 e. The van der Waals surface area contributed by atoms with Gasteiger partial charge in [0.05, 0.1) is 18.9 Å². The molecule has 122 valence electrons. The Labute approximate surface area is 138 Å². The van der Waals surface area contributed by atoms with E-state index >= 15 is 0 Å². The van der Waals surface area contributed by atoms with Gasteiger partial charge in [-0.15, -0.1) is 0 Å². The number of carbonyl (C=O) groups is 1. The van der Waals surface area contributed by atoms with Gasteiger partial charge in [-0.05, 0) is 30.3 Å². The van der Waals surface area contributed by atoms with Gasteiger partial charge >= 0.3 is 6.03 Å². The van der Waals surface area contributed by atoms with E-state index in [0.717, 1.165) is 5.56 Å². The van der Waals surface area contributed by atoms with E-state index in [0.29, 0.717) is 28.6 Å². The van der Waals surface area contributed by atoms with E-state index < -0.39 is 0 Å². The molecule has 0 atom stereocenters. The smallest absolute Gasteiger partial charge is 0.323 e. The molecule has 0 radical (unpaired) electrons. The highest BCUT2D eigenvalue weighted by molar-refractivity contribution is 6.00. The molecular weight excluding hydrogens is 308 g/mol. The summed E-state index contributed by atoms with van der Waals surface area (Å²) in [4.78, 5) is 16.0. The second-order valence-electron chi connectivity index (χ2n) is 4.99. The topological polar surface area (TPSA) is 102 Å². The first-order valence-electron chi connectivity index (χ1n) is 7.16. The summed E-state index contributed by atoms with van der Waals surface area (Å²) in [5, 5.41) is 5.45. The van der Waals surface area contributed by atoms with Crippen molar-refractivity contribution < 1.29 is 13.9 Å². The number of hydrogen-bond donors (Lipinski definition) is 3. The van der Waals surface area contributed by atoms with Crippen molar-refractivity contribution in [2.45, 2.75) is 0 Å². The molecule has 7 nitrogen and oxygen atoms in total. The number of aromatic nitrogens is 1. The Morgan fingerprint density at radius 3 is 2.62 bits per heavy atom. The van der Waals surface area contributed by atoms with Gasteiger partial charge in [-0.2, -0.15) is 0 Å². The van der Waals surface area contributed by atoms with Gasteiger partial charge < -0.3 is 25.5 Å². The van der Waals surface area contributed by atoms with Crippen molar-refractivity contribution in [2.24, 2.45) is 0 Å². The Morgan fingerprint density at radius 2 is 1.96 bits per heavy atom. The van der Waals surface area contributed by atoms with Gasteiger partial charge in [0, 0.05) is 23.1 Å². The quantitative estimate of drug-likeness (QED) is 0.637. The summed E-state index contributed by atoms with van der Waals surface area (Å²) in [5.41, 5.74) is 8.20. The monoisotopic (exact) mass is 324 g/mol. The highest BCUT2D eigenvalue weighted by Gasteiger charge is 2.11. The number of amides is 2. The molecule has 7 heteroatoms. The second-order valence-corrected chi connectivity index (χ2v) is 4.99. The zero-order chi connectivity index (χ0) is 16.9. The number of oxazole rings is 1. The fraction of sp³-hybridized carbons (Fsp3) is 0.0588. The lowest BCUT2D eigenvalue weighted by Crippen LogP contribution is -2.19. The molecule has 0 spiro atoms. The average Bonchev–Trinajstić information content (AvgIpc) is 3.09. The number of hydrogen-bond acceptors (Lipinski definition) is 5. The first kappa shape index (κ1) is 15.4. The number of ether oxygens (including phenoxy) is 1. The van der Waals surface area contributed by atoms with Crippen LogP contribution in [0, 0.1) is 0 Å². The van der Waals surface area contributed by atoms with Crippen molar-refractivity contribution in [3.63, 3.8) is 0 Å². The number of nitrogens with zero attached hydrogens (tertiary/aromatic N) is 1. The van der Waals surface area contributed by atoms with Gasteiger partial charge in [0.15, 0.2) is 12.2 Å². The summed E-state index contributed by atoms with van der Waals surface area (Å²) in [7, 11) is 1.55. The van der Waals surface area contributed by atoms with E-state index in [1.807, 2.05) is 0 Å². The molecule has 0 fully saturated rings. The van der Waals surface area contributed by atoms with E-state index in [9.17, 15) is 4.79 Å². The summed E-state index contributed by atoms with van der Waals surface area (Å²) in [6.07, 6.45) is 2.94. The Hall–Kier alpha value is -3.48. The second kappa shape index (κ2) is 6.74. The van der Waals surface area contributed by atoms with Gasteiger partial charge in [-0.3, -0.25) is 0 Å². The van der Waals surface area contributed by atoms with E-state index in [4.69, 9.17) is 14.9 Å². The van der Waals surface area contributed by atoms with Crippen LogP contribution in [-0.2, 0) is 0 Å². The molecule has 3 aromatic rings. The van der Waals surface area contributed by atoms with Crippen LogP contribution in [0.25, 0.3) is 11.3 Å². The summed E-state index contributed by atoms with van der Waals surface area (Å²) < 4.78 is 10.6. The first-order valence-corrected chi connectivity index (χ1v) is 7.16. The standard InChI is InChI=1S/C17H16N4O3/c1-23-15-8-13(5-6-14(15)16-9-19-10-24-16)21-17(22)20-12-4-2-3-11(18)7-12/h2-10H,18H2,1H3,(H2,20,21,22). The SMILES string of the molecule is COc1cc(NC(=O)Nc2cccc(N)c2)ccc1-c1cnco1. The van der Waals surface area contributed by atoms with Crippen LogP contribution in [0.15, 0.2) is 59.5 Å². The molecule has 0 saturated heterocycles. The predicted molar refractivity (Wildman–Crippen MR) is 92.0 cm³/mol. The van der Waals surface area contributed by atoms with Gasteiger partial charge in [0.25, 0.3) is 0 Å². The molecule has 24 heavy (non-hydrogen) atoms. The summed E-state index contributed by atoms with van der Waals surface area (Å²) in [5.74, 6) is 1.15. The third-order valence-electron chi connectivity index (χ3n) is 3.30. The third-order valence-corrected chi connectivity index (χ3v) is 3.30. The number of rotatable bonds is 4. The molecule has 0 aliphatic rings. The average molecular weight is 324 g/mol. The molecule has 4 N–H and O–H groups in total. The van der Waals surface area contributed by atoms with Crippen molar-refractivity contribution in [3.8, 4) is 17.1 Å². The maximum atomic E-state index is 12.1. The van der Waals surface area contributed by atoms with Crippen LogP contribution in [-0.4, -0.2) is 18.1 Å². The summed E-state index contributed by atoms with van der Waals surface area (Å²) in [6, 6.07) is 11.8. The number of carbonyl (C=O) groups excluding carboxylic acids is 1. The Bertz CT molecular complexity index is 847. The molecule has 0 bridgehead atoms. The highest BCUT2D eigenvalue weighted by Crippen LogP contribution is 2.32. The summed E-state index contributed by atoms with van der Waals surface area (Å²) in [6.45, 7) is 0. The number of nitrogens with two attached hydrogens (primary N) is 1. The zero-order valence-corrected chi connectivity index (χ0v) is 12.9. The molecular formula is C17H16N4O3. The van der Waals surface area contributed by atoms with Crippen LogP contribution < -0.4 is 21.1 Å². The predicted octanol–water partition coefficient (Wildman–Crippen LogP) is 3.58. The van der Waals surface area contributed by atoms with Gasteiger partial charge in [0.1, 0.15) is 5.75 Å². The minimum absolute atomic E-state index is 0.380. The van der Waals surface area contributed by atoms with Crippen molar-refractivity contribution >= 4 is 23.1 Å². The lowest BCUT2D eigenvalue weighted by Gasteiger charge is -2.11. The number of urea groups is 1. The molecule has 2 aromatic carbocycles. The van der Waals surface area contributed by atoms with Gasteiger partial charge in [-0.25, -0.2) is 9.78 Å². The number of anilines is 3. The molecule has 0 saturated carbocycles. The van der Waals surface area contributed by atoms with Crippen molar-refractivity contribution in [1.29, 1.82) is 0 Å². The van der Waals surface area contributed by atoms with E-state index in [2.05, 4.69) is 15.6 Å². The third kappa shape index (κ3) is 3.46. The maximum Gasteiger partial charge on any atom is 0.323 e. The van der Waals surface area contributed by atoms with Gasteiger partial charge in [0.2, 0.25) is 0 Å². The lowest BCUT2D eigenvalue weighted by atomic mass is 10.1. The van der Waals surface area contributed by atoms with Crippen LogP contribution in [0.5, 0.6) is 5.75 Å². The maximum absolute atomic E-state index is 12.1. The Balaban J connectivity index is 1.74. The zero-order valence-electron chi connectivity index (χ0n) is 12.9. The summed E-state index contributed by atoms with van der Waals surface area (Å²) >= 11 is 0. The van der Waals surface area contributed by atoms with E-state index in [1.165, 1.54) is 6.39 Å². The fourth-order valence-corrected chi connectivity index (χ4v) is 2.23. The molecule has 3 rings (SSSR count). The van der Waals surface area contributed by atoms with Crippen LogP contribution in [0.1, 0.15) is 0 Å². The molecule has 0 aliphatic carbocycles. The normalized spacial score (nSPS) is 10.2. The number of nitrogen functional groups attached to an aromatic ring is 1. The minimum atomic E-state index is -0.380.